The monoisotopic (exact) mass is 1430 g/mol. The van der Waals surface area contributed by atoms with Gasteiger partial charge in [0.05, 0.1) is 0 Å². The van der Waals surface area contributed by atoms with Crippen molar-refractivity contribution >= 4 is 97.7 Å². The van der Waals surface area contributed by atoms with E-state index in [-0.39, 0.29) is 0 Å². The van der Waals surface area contributed by atoms with Gasteiger partial charge in [0.15, 0.2) is 34.9 Å². The summed E-state index contributed by atoms with van der Waals surface area (Å²) < 4.78 is 14.3. The van der Waals surface area contributed by atoms with E-state index >= 15 is 0 Å². The number of nitrogens with zero attached hydrogens (tertiary/aromatic N) is 6. The number of aromatic nitrogens is 6. The summed E-state index contributed by atoms with van der Waals surface area (Å²) in [6.45, 7) is 0. The SMILES string of the molecule is c1ccc(-c2ccc(-c3ccc(-c4nc(-c5ccccc5)nc(-c5ccc(-c6cc(-c7cccc8c(-c9ccc(-c%10nc(-c%11ccccc%11)nc(-c%11ccc(-c%12ccc%13ccccc%13c%12)c%12oc%13cc%14ccccc%14cc%13c%11%12)n%10)cc9)cccc78)cc7ccccc67)c6oc7cc8ccccc8cc7c56)n4)cc3)cc2)cc1. The summed E-state index contributed by atoms with van der Waals surface area (Å²) in [5, 5.41) is 15.1. The average molecular weight is 1430 g/mol. The molecule has 0 aliphatic heterocycles. The lowest BCUT2D eigenvalue weighted by atomic mass is 9.88. The molecule has 22 rings (SSSR count). The van der Waals surface area contributed by atoms with E-state index in [0.29, 0.717) is 34.9 Å². The average Bonchev–Trinajstić information content (AvgIpc) is 1.58. The van der Waals surface area contributed by atoms with Crippen LogP contribution < -0.4 is 0 Å². The van der Waals surface area contributed by atoms with Crippen molar-refractivity contribution in [1.29, 1.82) is 0 Å². The Balaban J connectivity index is 0.648. The van der Waals surface area contributed by atoms with Crippen LogP contribution in [-0.4, -0.2) is 29.9 Å². The molecule has 0 aliphatic rings. The largest absolute Gasteiger partial charge is 0.455 e. The van der Waals surface area contributed by atoms with Gasteiger partial charge < -0.3 is 8.83 Å². The number of benzene rings is 18. The molecule has 4 heterocycles. The van der Waals surface area contributed by atoms with E-state index < -0.39 is 0 Å². The van der Waals surface area contributed by atoms with Crippen molar-refractivity contribution in [2.45, 2.75) is 0 Å². The molecule has 22 aromatic rings. The molecule has 0 saturated heterocycles. The number of hydrogen-bond acceptors (Lipinski definition) is 8. The minimum absolute atomic E-state index is 0.545. The van der Waals surface area contributed by atoms with Crippen molar-refractivity contribution in [3.8, 4) is 135 Å². The molecular weight excluding hydrogens is 1370 g/mol. The third kappa shape index (κ3) is 11.1. The van der Waals surface area contributed by atoms with Gasteiger partial charge in [0, 0.05) is 66.1 Å². The predicted molar refractivity (Wildman–Crippen MR) is 461 cm³/mol. The van der Waals surface area contributed by atoms with E-state index in [0.717, 1.165) is 181 Å². The highest BCUT2D eigenvalue weighted by atomic mass is 16.3. The van der Waals surface area contributed by atoms with Crippen LogP contribution in [0, 0.1) is 0 Å². The van der Waals surface area contributed by atoms with Crippen LogP contribution in [0.1, 0.15) is 0 Å². The Morgan fingerprint density at radius 2 is 0.482 bits per heavy atom. The fourth-order valence-electron chi connectivity index (χ4n) is 16.6. The second-order valence-electron chi connectivity index (χ2n) is 28.8. The molecule has 0 amide bonds. The number of furan rings is 2. The Morgan fingerprint density at radius 1 is 0.152 bits per heavy atom. The van der Waals surface area contributed by atoms with Crippen LogP contribution >= 0.6 is 0 Å². The first-order valence-corrected chi connectivity index (χ1v) is 37.8. The van der Waals surface area contributed by atoms with Gasteiger partial charge in [-0.05, 0) is 176 Å². The Labute approximate surface area is 643 Å². The third-order valence-electron chi connectivity index (χ3n) is 22.2. The van der Waals surface area contributed by atoms with Crippen LogP contribution in [0.3, 0.4) is 0 Å². The molecule has 0 spiro atoms. The molecule has 0 radical (unpaired) electrons. The van der Waals surface area contributed by atoms with Gasteiger partial charge in [-0.15, -0.1) is 0 Å². The molecular formula is C104H62N6O2. The smallest absolute Gasteiger partial charge is 0.164 e. The Bertz CT molecular complexity index is 7530. The van der Waals surface area contributed by atoms with Crippen molar-refractivity contribution in [1.82, 2.24) is 29.9 Å². The van der Waals surface area contributed by atoms with Gasteiger partial charge in [-0.2, -0.15) is 0 Å². The van der Waals surface area contributed by atoms with Crippen LogP contribution in [0.5, 0.6) is 0 Å². The van der Waals surface area contributed by atoms with Crippen molar-refractivity contribution in [2.75, 3.05) is 0 Å². The lowest BCUT2D eigenvalue weighted by molar-refractivity contribution is 0.670. The molecule has 0 fully saturated rings. The molecule has 0 atom stereocenters. The molecule has 520 valence electrons. The maximum atomic E-state index is 7.32. The van der Waals surface area contributed by atoms with Crippen molar-refractivity contribution in [2.24, 2.45) is 0 Å². The van der Waals surface area contributed by atoms with Crippen LogP contribution in [0.15, 0.2) is 385 Å². The van der Waals surface area contributed by atoms with Crippen LogP contribution in [0.25, 0.3) is 233 Å². The van der Waals surface area contributed by atoms with Crippen LogP contribution in [0.2, 0.25) is 0 Å². The highest BCUT2D eigenvalue weighted by Crippen LogP contribution is 2.48. The van der Waals surface area contributed by atoms with Crippen molar-refractivity contribution in [3.63, 3.8) is 0 Å². The van der Waals surface area contributed by atoms with E-state index in [9.17, 15) is 0 Å². The zero-order valence-corrected chi connectivity index (χ0v) is 60.3. The first-order chi connectivity index (χ1) is 55.4. The lowest BCUT2D eigenvalue weighted by Crippen LogP contribution is -2.00. The molecule has 0 N–H and O–H groups in total. The molecule has 0 bridgehead atoms. The second kappa shape index (κ2) is 26.4. The highest BCUT2D eigenvalue weighted by molar-refractivity contribution is 6.21. The quantitative estimate of drug-likeness (QED) is 0.119. The van der Waals surface area contributed by atoms with Crippen molar-refractivity contribution in [3.05, 3.63) is 376 Å². The van der Waals surface area contributed by atoms with Crippen molar-refractivity contribution < 1.29 is 8.83 Å². The number of rotatable bonds is 12. The molecule has 0 unspecified atom stereocenters. The Kier molecular flexibility index (Phi) is 15.1. The van der Waals surface area contributed by atoms with Crippen LogP contribution in [-0.2, 0) is 0 Å². The third-order valence-corrected chi connectivity index (χ3v) is 22.2. The van der Waals surface area contributed by atoms with E-state index in [4.69, 9.17) is 38.7 Å². The molecule has 8 nitrogen and oxygen atoms in total. The highest BCUT2D eigenvalue weighted by Gasteiger charge is 2.26. The number of hydrogen-bond donors (Lipinski definition) is 0. The van der Waals surface area contributed by atoms with Gasteiger partial charge in [0.2, 0.25) is 0 Å². The van der Waals surface area contributed by atoms with Crippen LogP contribution in [0.4, 0.5) is 0 Å². The van der Waals surface area contributed by atoms with E-state index in [2.05, 4.69) is 334 Å². The summed E-state index contributed by atoms with van der Waals surface area (Å²) in [6.07, 6.45) is 0. The maximum Gasteiger partial charge on any atom is 0.164 e. The standard InChI is InChI=1S/C104H62N6O2/c1-4-20-63(21-5-1)65-38-40-66(41-39-65)67-42-47-71(48-43-67)101-105-99(69-23-6-2-7-24-69)108-104(109-101)89-55-53-87(98-96(89)92-59-75-29-13-15-31-77(75)62-94(92)112-98)90-60-80(57-78-32-16-17-33-82(78)90)83-35-19-36-85-81(34-18-37-86(83)85)68-45-49-72(50-46-68)102-106-100(70-25-8-3-9-26-70)107-103(110-102)88-54-52-84(79-51-44-64-22-10-11-27-73(64)56-79)97-95(88)91-58-74-28-12-14-30-76(74)61-93(91)111-97/h1-62H. The van der Waals surface area contributed by atoms with Gasteiger partial charge in [-0.1, -0.05) is 309 Å². The van der Waals surface area contributed by atoms with Gasteiger partial charge in [-0.25, -0.2) is 29.9 Å². The fourth-order valence-corrected chi connectivity index (χ4v) is 16.6. The van der Waals surface area contributed by atoms with E-state index in [1.165, 1.54) is 16.5 Å². The minimum atomic E-state index is 0.545. The first-order valence-electron chi connectivity index (χ1n) is 37.8. The zero-order chi connectivity index (χ0) is 73.7. The van der Waals surface area contributed by atoms with Gasteiger partial charge >= 0.3 is 0 Å². The lowest BCUT2D eigenvalue weighted by Gasteiger charge is -2.16. The molecule has 4 aromatic heterocycles. The van der Waals surface area contributed by atoms with E-state index in [1.807, 2.05) is 42.5 Å². The second-order valence-corrected chi connectivity index (χ2v) is 28.8. The molecule has 8 heteroatoms. The van der Waals surface area contributed by atoms with Gasteiger partial charge in [0.25, 0.3) is 0 Å². The number of fused-ring (bicyclic) bond motifs is 11. The summed E-state index contributed by atoms with van der Waals surface area (Å²) in [6, 6.07) is 133. The van der Waals surface area contributed by atoms with Gasteiger partial charge in [0.1, 0.15) is 22.3 Å². The summed E-state index contributed by atoms with van der Waals surface area (Å²) in [5.74, 6) is 3.38. The topological polar surface area (TPSA) is 104 Å². The molecule has 18 aromatic carbocycles. The summed E-state index contributed by atoms with van der Waals surface area (Å²) in [7, 11) is 0. The summed E-state index contributed by atoms with van der Waals surface area (Å²) >= 11 is 0. The Morgan fingerprint density at radius 3 is 0.982 bits per heavy atom. The molecule has 0 saturated carbocycles. The minimum Gasteiger partial charge on any atom is -0.455 e. The molecule has 112 heavy (non-hydrogen) atoms. The van der Waals surface area contributed by atoms with E-state index in [1.54, 1.807) is 0 Å². The molecule has 0 aliphatic carbocycles. The predicted octanol–water partition coefficient (Wildman–Crippen LogP) is 27.6. The normalized spacial score (nSPS) is 11.8. The first kappa shape index (κ1) is 64.1. The Hall–Kier alpha value is -15.1. The summed E-state index contributed by atoms with van der Waals surface area (Å²) in [4.78, 5) is 32.0. The summed E-state index contributed by atoms with van der Waals surface area (Å²) in [5.41, 5.74) is 21.3. The zero-order valence-electron chi connectivity index (χ0n) is 60.3. The fraction of sp³-hybridized carbons (Fsp3) is 0. The van der Waals surface area contributed by atoms with Gasteiger partial charge in [-0.3, -0.25) is 0 Å². The maximum absolute atomic E-state index is 7.32.